The molecule has 0 saturated carbocycles. The number of carbonyl (C=O) groups excluding carboxylic acids is 2. The van der Waals surface area contributed by atoms with E-state index in [1.165, 1.54) is 0 Å². The van der Waals surface area contributed by atoms with Crippen LogP contribution in [0.2, 0.25) is 0 Å². The first kappa shape index (κ1) is 21.8. The second-order valence-electron chi connectivity index (χ2n) is 6.74. The van der Waals surface area contributed by atoms with E-state index >= 15 is 0 Å². The molecule has 3 rings (SSSR count). The van der Waals surface area contributed by atoms with E-state index in [9.17, 15) is 9.59 Å². The molecule has 0 bridgehead atoms. The summed E-state index contributed by atoms with van der Waals surface area (Å²) in [6.45, 7) is 0.933. The Hall–Kier alpha value is -3.94. The van der Waals surface area contributed by atoms with Crippen molar-refractivity contribution in [3.05, 3.63) is 90.3 Å². The number of nitrogens with zero attached hydrogens (tertiary/aromatic N) is 2. The van der Waals surface area contributed by atoms with Crippen molar-refractivity contribution >= 4 is 17.9 Å². The molecule has 31 heavy (non-hydrogen) atoms. The van der Waals surface area contributed by atoms with Crippen molar-refractivity contribution in [3.8, 4) is 0 Å². The van der Waals surface area contributed by atoms with Gasteiger partial charge in [-0.3, -0.25) is 4.79 Å². The smallest absolute Gasteiger partial charge is 0.408 e. The zero-order valence-corrected chi connectivity index (χ0v) is 17.0. The van der Waals surface area contributed by atoms with Crippen molar-refractivity contribution in [2.75, 3.05) is 18.4 Å². The van der Waals surface area contributed by atoms with Crippen LogP contribution >= 0.6 is 0 Å². The first-order chi connectivity index (χ1) is 15.2. The van der Waals surface area contributed by atoms with Crippen molar-refractivity contribution in [3.63, 3.8) is 0 Å². The molecule has 0 spiro atoms. The number of benzene rings is 2. The molecular formula is C23H25N5O3. The molecule has 1 atom stereocenters. The number of anilines is 1. The maximum absolute atomic E-state index is 12.7. The van der Waals surface area contributed by atoms with Gasteiger partial charge >= 0.3 is 6.09 Å². The molecule has 160 valence electrons. The van der Waals surface area contributed by atoms with Crippen LogP contribution in [-0.4, -0.2) is 41.1 Å². The predicted molar refractivity (Wildman–Crippen MR) is 117 cm³/mol. The van der Waals surface area contributed by atoms with Crippen molar-refractivity contribution in [1.29, 1.82) is 0 Å². The summed E-state index contributed by atoms with van der Waals surface area (Å²) in [5.74, 6) is 0.191. The Bertz CT molecular complexity index is 939. The van der Waals surface area contributed by atoms with E-state index in [1.807, 2.05) is 60.7 Å². The molecule has 8 heteroatoms. The lowest BCUT2D eigenvalue weighted by Gasteiger charge is -2.19. The fraction of sp³-hybridized carbons (Fsp3) is 0.217. The molecule has 0 aliphatic rings. The summed E-state index contributed by atoms with van der Waals surface area (Å²) in [4.78, 5) is 33.1. The zero-order chi connectivity index (χ0) is 21.7. The standard InChI is InChI=1S/C23H25N5O3/c29-21(24-14-15-27-22-25-12-7-13-26-22)20(16-18-8-3-1-4-9-18)28-23(30)31-17-19-10-5-2-6-11-19/h1-13,20H,14-17H2,(H,24,29)(H,28,30)(H,25,26,27). The second-order valence-corrected chi connectivity index (χ2v) is 6.74. The quantitative estimate of drug-likeness (QED) is 0.436. The molecule has 3 N–H and O–H groups in total. The third kappa shape index (κ3) is 7.77. The van der Waals surface area contributed by atoms with E-state index in [1.54, 1.807) is 18.5 Å². The topological polar surface area (TPSA) is 105 Å². The first-order valence-electron chi connectivity index (χ1n) is 10.0. The van der Waals surface area contributed by atoms with Gasteiger partial charge in [0.2, 0.25) is 11.9 Å². The van der Waals surface area contributed by atoms with Gasteiger partial charge < -0.3 is 20.7 Å². The molecule has 0 aliphatic heterocycles. The Morgan fingerprint density at radius 2 is 1.48 bits per heavy atom. The number of carbonyl (C=O) groups is 2. The fourth-order valence-electron chi connectivity index (χ4n) is 2.84. The number of hydrogen-bond donors (Lipinski definition) is 3. The second kappa shape index (κ2) is 11.9. The summed E-state index contributed by atoms with van der Waals surface area (Å²) < 4.78 is 5.27. The molecule has 1 aromatic heterocycles. The van der Waals surface area contributed by atoms with Gasteiger partial charge in [0, 0.05) is 31.9 Å². The SMILES string of the molecule is O=C(NC(Cc1ccccc1)C(=O)NCCNc1ncccn1)OCc1ccccc1. The number of nitrogens with one attached hydrogen (secondary N) is 3. The van der Waals surface area contributed by atoms with Crippen molar-refractivity contribution in [1.82, 2.24) is 20.6 Å². The molecule has 1 unspecified atom stereocenters. The minimum atomic E-state index is -0.765. The van der Waals surface area contributed by atoms with Gasteiger partial charge in [-0.2, -0.15) is 0 Å². The van der Waals surface area contributed by atoms with E-state index in [4.69, 9.17) is 4.74 Å². The van der Waals surface area contributed by atoms with Crippen LogP contribution < -0.4 is 16.0 Å². The number of alkyl carbamates (subject to hydrolysis) is 1. The highest BCUT2D eigenvalue weighted by Crippen LogP contribution is 2.05. The number of rotatable bonds is 10. The van der Waals surface area contributed by atoms with E-state index in [0.29, 0.717) is 25.5 Å². The van der Waals surface area contributed by atoms with Crippen LogP contribution in [0, 0.1) is 0 Å². The average molecular weight is 419 g/mol. The lowest BCUT2D eigenvalue weighted by atomic mass is 10.1. The molecule has 2 aromatic carbocycles. The molecule has 8 nitrogen and oxygen atoms in total. The zero-order valence-electron chi connectivity index (χ0n) is 17.0. The van der Waals surface area contributed by atoms with Gasteiger partial charge in [-0.1, -0.05) is 60.7 Å². The van der Waals surface area contributed by atoms with E-state index in [0.717, 1.165) is 11.1 Å². The highest BCUT2D eigenvalue weighted by Gasteiger charge is 2.21. The minimum Gasteiger partial charge on any atom is -0.445 e. The fourth-order valence-corrected chi connectivity index (χ4v) is 2.84. The third-order valence-electron chi connectivity index (χ3n) is 4.38. The van der Waals surface area contributed by atoms with E-state index in [2.05, 4.69) is 25.9 Å². The molecule has 3 aromatic rings. The van der Waals surface area contributed by atoms with Crippen LogP contribution in [0.15, 0.2) is 79.1 Å². The largest absolute Gasteiger partial charge is 0.445 e. The van der Waals surface area contributed by atoms with Gasteiger partial charge in [0.25, 0.3) is 0 Å². The minimum absolute atomic E-state index is 0.132. The number of hydrogen-bond acceptors (Lipinski definition) is 6. The number of amides is 2. The van der Waals surface area contributed by atoms with Gasteiger partial charge in [0.05, 0.1) is 0 Å². The van der Waals surface area contributed by atoms with Crippen molar-refractivity contribution in [2.24, 2.45) is 0 Å². The maximum Gasteiger partial charge on any atom is 0.408 e. The number of aromatic nitrogens is 2. The van der Waals surface area contributed by atoms with E-state index < -0.39 is 12.1 Å². The van der Waals surface area contributed by atoms with Crippen molar-refractivity contribution < 1.29 is 14.3 Å². The van der Waals surface area contributed by atoms with Crippen LogP contribution in [0.3, 0.4) is 0 Å². The summed E-state index contributed by atoms with van der Waals surface area (Å²) in [5, 5.41) is 8.52. The third-order valence-corrected chi connectivity index (χ3v) is 4.38. The molecule has 2 amide bonds. The van der Waals surface area contributed by atoms with Crippen LogP contribution in [0.25, 0.3) is 0 Å². The highest BCUT2D eigenvalue weighted by atomic mass is 16.5. The normalized spacial score (nSPS) is 11.2. The Kier molecular flexibility index (Phi) is 8.36. The van der Waals surface area contributed by atoms with E-state index in [-0.39, 0.29) is 12.5 Å². The molecule has 0 fully saturated rings. The molecule has 1 heterocycles. The van der Waals surface area contributed by atoms with Gasteiger partial charge in [-0.15, -0.1) is 0 Å². The summed E-state index contributed by atoms with van der Waals surface area (Å²) in [6, 6.07) is 19.8. The van der Waals surface area contributed by atoms with Gasteiger partial charge in [0.15, 0.2) is 0 Å². The van der Waals surface area contributed by atoms with Crippen molar-refractivity contribution in [2.45, 2.75) is 19.1 Å². The van der Waals surface area contributed by atoms with Gasteiger partial charge in [-0.25, -0.2) is 14.8 Å². The summed E-state index contributed by atoms with van der Waals surface area (Å²) in [6.07, 6.45) is 2.97. The Labute approximate surface area is 181 Å². The van der Waals surface area contributed by atoms with Crippen LogP contribution in [-0.2, 0) is 22.6 Å². The van der Waals surface area contributed by atoms with Crippen LogP contribution in [0.4, 0.5) is 10.7 Å². The Balaban J connectivity index is 1.52. The average Bonchev–Trinajstić information content (AvgIpc) is 2.82. The monoisotopic (exact) mass is 419 g/mol. The Morgan fingerprint density at radius 1 is 0.839 bits per heavy atom. The molecule has 0 radical (unpaired) electrons. The summed E-state index contributed by atoms with van der Waals surface area (Å²) >= 11 is 0. The lowest BCUT2D eigenvalue weighted by molar-refractivity contribution is -0.123. The predicted octanol–water partition coefficient (Wildman–Crippen LogP) is 2.54. The van der Waals surface area contributed by atoms with Gasteiger partial charge in [-0.05, 0) is 17.2 Å². The Morgan fingerprint density at radius 3 is 2.16 bits per heavy atom. The molecule has 0 aliphatic carbocycles. The number of ether oxygens (including phenoxy) is 1. The van der Waals surface area contributed by atoms with Crippen LogP contribution in [0.5, 0.6) is 0 Å². The summed E-state index contributed by atoms with van der Waals surface area (Å²) in [5.41, 5.74) is 1.80. The molecular weight excluding hydrogens is 394 g/mol. The molecule has 0 saturated heterocycles. The highest BCUT2D eigenvalue weighted by molar-refractivity contribution is 5.85. The van der Waals surface area contributed by atoms with Crippen LogP contribution in [0.1, 0.15) is 11.1 Å². The first-order valence-corrected chi connectivity index (χ1v) is 10.0. The van der Waals surface area contributed by atoms with Gasteiger partial charge in [0.1, 0.15) is 12.6 Å². The maximum atomic E-state index is 12.7. The lowest BCUT2D eigenvalue weighted by Crippen LogP contribution is -2.49. The summed E-state index contributed by atoms with van der Waals surface area (Å²) in [7, 11) is 0.